The molecule has 96 valence electrons. The van der Waals surface area contributed by atoms with E-state index in [2.05, 4.69) is 0 Å². The van der Waals surface area contributed by atoms with Crippen LogP contribution in [0.2, 0.25) is 0 Å². The number of hydrogen-bond donors (Lipinski definition) is 1. The van der Waals surface area contributed by atoms with E-state index < -0.39 is 18.2 Å². The van der Waals surface area contributed by atoms with Crippen molar-refractivity contribution in [1.82, 2.24) is 0 Å². The van der Waals surface area contributed by atoms with Crippen LogP contribution < -0.4 is 0 Å². The summed E-state index contributed by atoms with van der Waals surface area (Å²) in [6.45, 7) is 0.500. The first-order chi connectivity index (χ1) is 8.75. The molecule has 1 aromatic rings. The fraction of sp³-hybridized carbons (Fsp3) is 0.462. The van der Waals surface area contributed by atoms with Crippen molar-refractivity contribution in [2.75, 3.05) is 13.2 Å². The molecule has 0 spiro atoms. The summed E-state index contributed by atoms with van der Waals surface area (Å²) in [5, 5.41) is 9.58. The number of hydrogen-bond acceptors (Lipinski definition) is 5. The van der Waals surface area contributed by atoms with Gasteiger partial charge in [0, 0.05) is 0 Å². The Labute approximate surface area is 104 Å². The predicted octanol–water partition coefficient (Wildman–Crippen LogP) is 0.370. The third-order valence-corrected chi connectivity index (χ3v) is 3.25. The first-order valence-corrected chi connectivity index (χ1v) is 5.93. The highest BCUT2D eigenvalue weighted by Gasteiger charge is 2.48. The molecule has 18 heavy (non-hydrogen) atoms. The Hall–Kier alpha value is -1.43. The molecule has 5 nitrogen and oxygen atoms in total. The fourth-order valence-electron chi connectivity index (χ4n) is 2.32. The number of ether oxygens (including phenoxy) is 3. The van der Waals surface area contributed by atoms with E-state index in [9.17, 15) is 9.90 Å². The fourth-order valence-corrected chi connectivity index (χ4v) is 2.32. The molecule has 4 atom stereocenters. The lowest BCUT2D eigenvalue weighted by Gasteiger charge is -2.16. The van der Waals surface area contributed by atoms with E-state index >= 15 is 0 Å². The number of benzene rings is 1. The second-order valence-corrected chi connectivity index (χ2v) is 4.47. The molecule has 1 aromatic carbocycles. The van der Waals surface area contributed by atoms with Crippen LogP contribution in [0.5, 0.6) is 0 Å². The summed E-state index contributed by atoms with van der Waals surface area (Å²) in [5.74, 6) is -0.394. The Kier molecular flexibility index (Phi) is 3.03. The molecule has 1 N–H and O–H groups in total. The van der Waals surface area contributed by atoms with E-state index in [1.165, 1.54) is 0 Å². The molecule has 5 heteroatoms. The smallest absolute Gasteiger partial charge is 0.338 e. The summed E-state index contributed by atoms with van der Waals surface area (Å²) >= 11 is 0. The zero-order valence-electron chi connectivity index (χ0n) is 9.69. The van der Waals surface area contributed by atoms with E-state index in [4.69, 9.17) is 14.2 Å². The molecule has 2 heterocycles. The molecule has 0 radical (unpaired) electrons. The van der Waals surface area contributed by atoms with Crippen LogP contribution in [0, 0.1) is 0 Å². The molecule has 0 bridgehead atoms. The van der Waals surface area contributed by atoms with Crippen molar-refractivity contribution >= 4 is 5.97 Å². The van der Waals surface area contributed by atoms with Crippen molar-refractivity contribution in [1.29, 1.82) is 0 Å². The van der Waals surface area contributed by atoms with Gasteiger partial charge in [0.15, 0.2) is 6.10 Å². The highest BCUT2D eigenvalue weighted by atomic mass is 16.6. The summed E-state index contributed by atoms with van der Waals surface area (Å²) < 4.78 is 16.1. The number of carbonyl (C=O) groups is 1. The predicted molar refractivity (Wildman–Crippen MR) is 61.1 cm³/mol. The molecule has 0 saturated carbocycles. The Morgan fingerprint density at radius 3 is 2.67 bits per heavy atom. The van der Waals surface area contributed by atoms with Gasteiger partial charge in [0.1, 0.15) is 18.3 Å². The summed E-state index contributed by atoms with van der Waals surface area (Å²) in [6.07, 6.45) is -1.80. The average Bonchev–Trinajstić information content (AvgIpc) is 2.95. The van der Waals surface area contributed by atoms with E-state index in [-0.39, 0.29) is 25.4 Å². The van der Waals surface area contributed by atoms with Crippen molar-refractivity contribution in [2.24, 2.45) is 0 Å². The van der Waals surface area contributed by atoms with Gasteiger partial charge < -0.3 is 19.3 Å². The van der Waals surface area contributed by atoms with Crippen LogP contribution in [0.25, 0.3) is 0 Å². The van der Waals surface area contributed by atoms with Gasteiger partial charge in [0.05, 0.1) is 18.8 Å². The highest BCUT2D eigenvalue weighted by molar-refractivity contribution is 5.89. The quantitative estimate of drug-likeness (QED) is 0.768. The molecule has 0 amide bonds. The van der Waals surface area contributed by atoms with Gasteiger partial charge in [-0.25, -0.2) is 4.79 Å². The van der Waals surface area contributed by atoms with Gasteiger partial charge in [0.25, 0.3) is 0 Å². The Morgan fingerprint density at radius 2 is 1.89 bits per heavy atom. The molecular weight excluding hydrogens is 236 g/mol. The Balaban J connectivity index is 1.66. The van der Waals surface area contributed by atoms with Gasteiger partial charge in [0.2, 0.25) is 0 Å². The standard InChI is InChI=1S/C13H14O5/c14-9-6-16-12-10(7-17-11(9)12)18-13(15)8-4-2-1-3-5-8/h1-5,9-12,14H,6-7H2/t9-,10+,11+,12+/m0/s1. The number of rotatable bonds is 2. The molecule has 2 saturated heterocycles. The number of aliphatic hydroxyl groups excluding tert-OH is 1. The second-order valence-electron chi connectivity index (χ2n) is 4.47. The minimum atomic E-state index is -0.629. The molecule has 0 unspecified atom stereocenters. The van der Waals surface area contributed by atoms with Gasteiger partial charge in [-0.3, -0.25) is 0 Å². The summed E-state index contributed by atoms with van der Waals surface area (Å²) in [5.41, 5.74) is 0.500. The maximum Gasteiger partial charge on any atom is 0.338 e. The number of carbonyl (C=O) groups excluding carboxylic acids is 1. The van der Waals surface area contributed by atoms with Crippen molar-refractivity contribution in [3.8, 4) is 0 Å². The monoisotopic (exact) mass is 250 g/mol. The topological polar surface area (TPSA) is 65.0 Å². The van der Waals surface area contributed by atoms with Gasteiger partial charge in [-0.05, 0) is 12.1 Å². The van der Waals surface area contributed by atoms with Crippen LogP contribution in [0.3, 0.4) is 0 Å². The normalized spacial score (nSPS) is 34.3. The van der Waals surface area contributed by atoms with Crippen LogP contribution in [0.1, 0.15) is 10.4 Å². The lowest BCUT2D eigenvalue weighted by Crippen LogP contribution is -2.34. The van der Waals surface area contributed by atoms with Crippen LogP contribution >= 0.6 is 0 Å². The second kappa shape index (κ2) is 4.68. The number of fused-ring (bicyclic) bond motifs is 1. The molecule has 3 rings (SSSR count). The van der Waals surface area contributed by atoms with Gasteiger partial charge in [-0.1, -0.05) is 18.2 Å². The van der Waals surface area contributed by atoms with Crippen molar-refractivity contribution < 1.29 is 24.1 Å². The number of aliphatic hydroxyl groups is 1. The van der Waals surface area contributed by atoms with Crippen LogP contribution in [0.15, 0.2) is 30.3 Å². The zero-order valence-corrected chi connectivity index (χ0v) is 9.69. The third-order valence-electron chi connectivity index (χ3n) is 3.25. The van der Waals surface area contributed by atoms with Crippen LogP contribution in [-0.2, 0) is 14.2 Å². The first kappa shape index (κ1) is 11.6. The first-order valence-electron chi connectivity index (χ1n) is 5.93. The number of esters is 1. The summed E-state index contributed by atoms with van der Waals surface area (Å²) in [6, 6.07) is 8.78. The highest BCUT2D eigenvalue weighted by Crippen LogP contribution is 2.29. The summed E-state index contributed by atoms with van der Waals surface area (Å²) in [4.78, 5) is 11.9. The Bertz CT molecular complexity index is 432. The molecule has 2 aliphatic heterocycles. The van der Waals surface area contributed by atoms with Crippen molar-refractivity contribution in [2.45, 2.75) is 24.4 Å². The largest absolute Gasteiger partial charge is 0.453 e. The van der Waals surface area contributed by atoms with Crippen LogP contribution in [0.4, 0.5) is 0 Å². The van der Waals surface area contributed by atoms with E-state index in [1.54, 1.807) is 24.3 Å². The lowest BCUT2D eigenvalue weighted by molar-refractivity contribution is -0.0209. The maximum atomic E-state index is 11.9. The van der Waals surface area contributed by atoms with Crippen molar-refractivity contribution in [3.63, 3.8) is 0 Å². The van der Waals surface area contributed by atoms with E-state index in [1.807, 2.05) is 6.07 Å². The SMILES string of the molecule is O=C(O[C@@H]1CO[C@H]2[C@@H]1OC[C@@H]2O)c1ccccc1. The molecule has 0 aromatic heterocycles. The summed E-state index contributed by atoms with van der Waals surface area (Å²) in [7, 11) is 0. The Morgan fingerprint density at radius 1 is 1.17 bits per heavy atom. The van der Waals surface area contributed by atoms with E-state index in [0.717, 1.165) is 0 Å². The third kappa shape index (κ3) is 2.01. The lowest BCUT2D eigenvalue weighted by atomic mass is 10.1. The molecule has 0 aliphatic carbocycles. The maximum absolute atomic E-state index is 11.9. The van der Waals surface area contributed by atoms with Gasteiger partial charge in [-0.2, -0.15) is 0 Å². The molecule has 2 aliphatic rings. The van der Waals surface area contributed by atoms with Crippen LogP contribution in [-0.4, -0.2) is 48.7 Å². The zero-order chi connectivity index (χ0) is 12.5. The van der Waals surface area contributed by atoms with E-state index in [0.29, 0.717) is 5.56 Å². The molecule has 2 fully saturated rings. The molecular formula is C13H14O5. The van der Waals surface area contributed by atoms with Gasteiger partial charge in [-0.15, -0.1) is 0 Å². The van der Waals surface area contributed by atoms with Gasteiger partial charge >= 0.3 is 5.97 Å². The van der Waals surface area contributed by atoms with Crippen molar-refractivity contribution in [3.05, 3.63) is 35.9 Å². The minimum absolute atomic E-state index is 0.231. The minimum Gasteiger partial charge on any atom is -0.453 e. The average molecular weight is 250 g/mol.